The Labute approximate surface area is 126 Å². The fourth-order valence-corrected chi connectivity index (χ4v) is 3.21. The Balaban J connectivity index is 2.11. The van der Waals surface area contributed by atoms with E-state index in [0.717, 1.165) is 12.8 Å². The van der Waals surface area contributed by atoms with Crippen LogP contribution < -0.4 is 5.43 Å². The van der Waals surface area contributed by atoms with E-state index in [1.165, 1.54) is 24.6 Å². The van der Waals surface area contributed by atoms with E-state index in [4.69, 9.17) is 0 Å². The molecule has 1 aromatic rings. The van der Waals surface area contributed by atoms with Crippen LogP contribution in [0, 0.1) is 9.39 Å². The van der Waals surface area contributed by atoms with Crippen LogP contribution in [0.3, 0.4) is 0 Å². The van der Waals surface area contributed by atoms with Crippen molar-refractivity contribution in [1.82, 2.24) is 10.4 Å². The molecule has 0 radical (unpaired) electrons. The minimum atomic E-state index is -0.319. The van der Waals surface area contributed by atoms with Crippen LogP contribution in [0.2, 0.25) is 0 Å². The smallest absolute Gasteiger partial charge is 0.266 e. The quantitative estimate of drug-likeness (QED) is 0.804. The number of benzene rings is 1. The third-order valence-electron chi connectivity index (χ3n) is 3.60. The summed E-state index contributed by atoms with van der Waals surface area (Å²) in [4.78, 5) is 12.3. The molecule has 1 N–H and O–H groups in total. The molecule has 0 aromatic heterocycles. The molecule has 1 heterocycles. The molecular formula is C14H18FIN2O. The molecule has 1 aromatic carbocycles. The molecule has 5 heteroatoms. The Morgan fingerprint density at radius 2 is 2.00 bits per heavy atom. The number of nitrogens with one attached hydrogen (secondary N) is 1. The lowest BCUT2D eigenvalue weighted by Gasteiger charge is -2.38. The molecule has 1 saturated heterocycles. The van der Waals surface area contributed by atoms with Gasteiger partial charge in [0.2, 0.25) is 0 Å². The van der Waals surface area contributed by atoms with Crippen molar-refractivity contribution in [3.8, 4) is 0 Å². The first kappa shape index (κ1) is 14.7. The lowest BCUT2D eigenvalue weighted by atomic mass is 10.00. The zero-order valence-electron chi connectivity index (χ0n) is 11.1. The minimum absolute atomic E-state index is 0.162. The van der Waals surface area contributed by atoms with E-state index in [0.29, 0.717) is 21.2 Å². The SMILES string of the molecule is CC1CCCC(C)N1NC(=O)c1ccc(F)cc1I. The lowest BCUT2D eigenvalue weighted by molar-refractivity contribution is 0.0369. The van der Waals surface area contributed by atoms with Gasteiger partial charge in [0.25, 0.3) is 5.91 Å². The van der Waals surface area contributed by atoms with E-state index in [2.05, 4.69) is 19.3 Å². The van der Waals surface area contributed by atoms with Crippen molar-refractivity contribution < 1.29 is 9.18 Å². The van der Waals surface area contributed by atoms with Crippen molar-refractivity contribution in [2.45, 2.75) is 45.2 Å². The molecule has 2 rings (SSSR count). The molecule has 1 aliphatic heterocycles. The van der Waals surface area contributed by atoms with Crippen molar-refractivity contribution in [2.24, 2.45) is 0 Å². The summed E-state index contributed by atoms with van der Waals surface area (Å²) < 4.78 is 13.7. The van der Waals surface area contributed by atoms with Gasteiger partial charge in [-0.05, 0) is 67.5 Å². The molecule has 1 amide bonds. The summed E-state index contributed by atoms with van der Waals surface area (Å²) >= 11 is 1.99. The van der Waals surface area contributed by atoms with Gasteiger partial charge in [0.05, 0.1) is 5.56 Å². The van der Waals surface area contributed by atoms with Gasteiger partial charge < -0.3 is 0 Å². The summed E-state index contributed by atoms with van der Waals surface area (Å²) in [7, 11) is 0. The van der Waals surface area contributed by atoms with Gasteiger partial charge in [-0.15, -0.1) is 0 Å². The Morgan fingerprint density at radius 3 is 2.58 bits per heavy atom. The van der Waals surface area contributed by atoms with Gasteiger partial charge in [0.15, 0.2) is 0 Å². The number of amides is 1. The number of hydrazine groups is 1. The van der Waals surface area contributed by atoms with E-state index < -0.39 is 0 Å². The monoisotopic (exact) mass is 376 g/mol. The first-order valence-corrected chi connectivity index (χ1v) is 7.61. The summed E-state index contributed by atoms with van der Waals surface area (Å²) in [5, 5.41) is 2.02. The van der Waals surface area contributed by atoms with E-state index in [1.807, 2.05) is 27.6 Å². The number of rotatable bonds is 2. The van der Waals surface area contributed by atoms with Crippen LogP contribution in [0.25, 0.3) is 0 Å². The first-order valence-electron chi connectivity index (χ1n) is 6.53. The normalized spacial score (nSPS) is 24.2. The molecule has 3 nitrogen and oxygen atoms in total. The number of hydrogen-bond donors (Lipinski definition) is 1. The van der Waals surface area contributed by atoms with Gasteiger partial charge in [-0.3, -0.25) is 10.2 Å². The highest BCUT2D eigenvalue weighted by atomic mass is 127. The fraction of sp³-hybridized carbons (Fsp3) is 0.500. The van der Waals surface area contributed by atoms with Gasteiger partial charge in [0, 0.05) is 15.7 Å². The highest BCUT2D eigenvalue weighted by Gasteiger charge is 2.26. The van der Waals surface area contributed by atoms with Crippen molar-refractivity contribution in [1.29, 1.82) is 0 Å². The van der Waals surface area contributed by atoms with Crippen LogP contribution in [-0.4, -0.2) is 23.0 Å². The van der Waals surface area contributed by atoms with Crippen LogP contribution in [0.4, 0.5) is 4.39 Å². The van der Waals surface area contributed by atoms with Crippen molar-refractivity contribution in [2.75, 3.05) is 0 Å². The number of carbonyl (C=O) groups is 1. The van der Waals surface area contributed by atoms with Crippen LogP contribution in [-0.2, 0) is 0 Å². The standard InChI is InChI=1S/C14H18FIN2O/c1-9-4-3-5-10(2)18(9)17-14(19)12-7-6-11(15)8-13(12)16/h6-10H,3-5H2,1-2H3,(H,17,19). The fourth-order valence-electron chi connectivity index (χ4n) is 2.49. The summed E-state index contributed by atoms with van der Waals surface area (Å²) in [6.07, 6.45) is 3.37. The Morgan fingerprint density at radius 1 is 1.37 bits per heavy atom. The lowest BCUT2D eigenvalue weighted by Crippen LogP contribution is -2.54. The maximum Gasteiger partial charge on any atom is 0.266 e. The predicted octanol–water partition coefficient (Wildman–Crippen LogP) is 3.34. The zero-order chi connectivity index (χ0) is 14.0. The molecule has 0 saturated carbocycles. The van der Waals surface area contributed by atoms with Crippen molar-refractivity contribution in [3.05, 3.63) is 33.1 Å². The second kappa shape index (κ2) is 6.17. The number of hydrogen-bond acceptors (Lipinski definition) is 2. The van der Waals surface area contributed by atoms with Crippen molar-refractivity contribution >= 4 is 28.5 Å². The summed E-state index contributed by atoms with van der Waals surface area (Å²) in [5.74, 6) is -0.481. The van der Waals surface area contributed by atoms with Crippen molar-refractivity contribution in [3.63, 3.8) is 0 Å². The van der Waals surface area contributed by atoms with Crippen LogP contribution in [0.15, 0.2) is 18.2 Å². The third kappa shape index (κ3) is 3.45. The third-order valence-corrected chi connectivity index (χ3v) is 4.49. The molecule has 0 bridgehead atoms. The molecule has 0 aliphatic carbocycles. The summed E-state index contributed by atoms with van der Waals surface area (Å²) in [6.45, 7) is 4.23. The Kier molecular flexibility index (Phi) is 4.78. The van der Waals surface area contributed by atoms with Gasteiger partial charge in [-0.25, -0.2) is 9.40 Å². The number of halogens is 2. The van der Waals surface area contributed by atoms with E-state index >= 15 is 0 Å². The molecule has 1 aliphatic rings. The second-order valence-corrected chi connectivity index (χ2v) is 6.26. The predicted molar refractivity (Wildman–Crippen MR) is 81.2 cm³/mol. The Bertz CT molecular complexity index is 471. The van der Waals surface area contributed by atoms with E-state index in [-0.39, 0.29) is 11.7 Å². The van der Waals surface area contributed by atoms with Gasteiger partial charge >= 0.3 is 0 Å². The van der Waals surface area contributed by atoms with Gasteiger partial charge in [0.1, 0.15) is 5.82 Å². The Hall–Kier alpha value is -0.690. The van der Waals surface area contributed by atoms with Crippen LogP contribution in [0.5, 0.6) is 0 Å². The number of carbonyl (C=O) groups excluding carboxylic acids is 1. The molecule has 2 atom stereocenters. The van der Waals surface area contributed by atoms with Crippen LogP contribution >= 0.6 is 22.6 Å². The largest absolute Gasteiger partial charge is 0.284 e. The first-order chi connectivity index (χ1) is 8.99. The van der Waals surface area contributed by atoms with Crippen LogP contribution in [0.1, 0.15) is 43.5 Å². The molecule has 104 valence electrons. The van der Waals surface area contributed by atoms with Gasteiger partial charge in [-0.2, -0.15) is 0 Å². The average Bonchev–Trinajstić information content (AvgIpc) is 2.33. The zero-order valence-corrected chi connectivity index (χ0v) is 13.3. The van der Waals surface area contributed by atoms with E-state index in [9.17, 15) is 9.18 Å². The molecule has 0 spiro atoms. The summed E-state index contributed by atoms with van der Waals surface area (Å²) in [6, 6.07) is 4.90. The maximum absolute atomic E-state index is 13.0. The molecule has 19 heavy (non-hydrogen) atoms. The second-order valence-electron chi connectivity index (χ2n) is 5.10. The molecule has 2 unspecified atom stereocenters. The number of piperidine rings is 1. The number of nitrogens with zero attached hydrogens (tertiary/aromatic N) is 1. The highest BCUT2D eigenvalue weighted by Crippen LogP contribution is 2.21. The molecule has 1 fully saturated rings. The minimum Gasteiger partial charge on any atom is -0.284 e. The van der Waals surface area contributed by atoms with E-state index in [1.54, 1.807) is 0 Å². The topological polar surface area (TPSA) is 32.3 Å². The highest BCUT2D eigenvalue weighted by molar-refractivity contribution is 14.1. The summed E-state index contributed by atoms with van der Waals surface area (Å²) in [5.41, 5.74) is 3.48. The maximum atomic E-state index is 13.0. The molecular weight excluding hydrogens is 358 g/mol. The average molecular weight is 376 g/mol. The van der Waals surface area contributed by atoms with Gasteiger partial charge in [-0.1, -0.05) is 6.42 Å².